The summed E-state index contributed by atoms with van der Waals surface area (Å²) in [6, 6.07) is 9.95. The highest BCUT2D eigenvalue weighted by molar-refractivity contribution is 5.85. The molecule has 1 aliphatic heterocycles. The van der Waals surface area contributed by atoms with E-state index in [-0.39, 0.29) is 0 Å². The van der Waals surface area contributed by atoms with Crippen molar-refractivity contribution in [2.45, 2.75) is 44.9 Å². The molecule has 0 radical (unpaired) electrons. The Morgan fingerprint density at radius 3 is 2.31 bits per heavy atom. The van der Waals surface area contributed by atoms with Crippen molar-refractivity contribution in [2.75, 3.05) is 28.7 Å². The zero-order valence-electron chi connectivity index (χ0n) is 15.0. The summed E-state index contributed by atoms with van der Waals surface area (Å²) < 4.78 is 0. The van der Waals surface area contributed by atoms with E-state index in [0.29, 0.717) is 17.8 Å². The van der Waals surface area contributed by atoms with E-state index >= 15 is 0 Å². The lowest BCUT2D eigenvalue weighted by Crippen LogP contribution is -2.22. The Bertz CT molecular complexity index is 746. The van der Waals surface area contributed by atoms with Gasteiger partial charge in [-0.25, -0.2) is 5.43 Å². The van der Waals surface area contributed by atoms with Crippen molar-refractivity contribution in [3.05, 3.63) is 30.3 Å². The maximum Gasteiger partial charge on any atom is 0.250 e. The molecule has 2 fully saturated rings. The average molecular weight is 351 g/mol. The van der Waals surface area contributed by atoms with Crippen LogP contribution in [0.1, 0.15) is 44.9 Å². The fourth-order valence-corrected chi connectivity index (χ4v) is 3.38. The van der Waals surface area contributed by atoms with E-state index in [1.165, 1.54) is 37.8 Å². The van der Waals surface area contributed by atoms with E-state index in [1.807, 2.05) is 30.3 Å². The summed E-state index contributed by atoms with van der Waals surface area (Å²) in [4.78, 5) is 15.9. The van der Waals surface area contributed by atoms with Gasteiger partial charge in [0.05, 0.1) is 0 Å². The number of nitrogens with zero attached hydrogens (tertiary/aromatic N) is 5. The molecule has 0 unspecified atom stereocenters. The van der Waals surface area contributed by atoms with Crippen molar-refractivity contribution in [3.8, 4) is 0 Å². The molecule has 2 aromatic rings. The molecule has 0 atom stereocenters. The first-order chi connectivity index (χ1) is 12.9. The molecule has 1 aromatic carbocycles. The van der Waals surface area contributed by atoms with Crippen LogP contribution in [0.15, 0.2) is 35.4 Å². The van der Waals surface area contributed by atoms with Gasteiger partial charge in [-0.15, -0.1) is 0 Å². The van der Waals surface area contributed by atoms with E-state index in [1.54, 1.807) is 0 Å². The molecule has 1 aliphatic carbocycles. The third kappa shape index (κ3) is 4.28. The number of rotatable bonds is 5. The van der Waals surface area contributed by atoms with Gasteiger partial charge in [-0.2, -0.15) is 20.1 Å². The minimum atomic E-state index is 0.499. The SMILES string of the molecule is c1ccc(Nc2nc(NN=C3CCCCC3)nc(N3CCCC3)n2)cc1. The van der Waals surface area contributed by atoms with Gasteiger partial charge in [-0.05, 0) is 50.7 Å². The number of aromatic nitrogens is 3. The lowest BCUT2D eigenvalue weighted by Gasteiger charge is -2.17. The lowest BCUT2D eigenvalue weighted by atomic mass is 9.99. The van der Waals surface area contributed by atoms with Crippen LogP contribution in [0.4, 0.5) is 23.5 Å². The fraction of sp³-hybridized carbons (Fsp3) is 0.474. The van der Waals surface area contributed by atoms with Gasteiger partial charge < -0.3 is 10.2 Å². The van der Waals surface area contributed by atoms with Crippen LogP contribution in [-0.2, 0) is 0 Å². The quantitative estimate of drug-likeness (QED) is 0.794. The molecule has 1 saturated heterocycles. The highest BCUT2D eigenvalue weighted by Gasteiger charge is 2.17. The molecule has 4 rings (SSSR count). The lowest BCUT2D eigenvalue weighted by molar-refractivity contribution is 0.665. The van der Waals surface area contributed by atoms with Crippen LogP contribution in [0.3, 0.4) is 0 Å². The summed E-state index contributed by atoms with van der Waals surface area (Å²) in [6.07, 6.45) is 8.22. The molecule has 0 amide bonds. The number of hydrogen-bond acceptors (Lipinski definition) is 7. The molecule has 1 saturated carbocycles. The molecule has 0 spiro atoms. The average Bonchev–Trinajstić information content (AvgIpc) is 3.23. The monoisotopic (exact) mass is 351 g/mol. The molecular weight excluding hydrogens is 326 g/mol. The third-order valence-corrected chi connectivity index (χ3v) is 4.79. The molecule has 2 heterocycles. The number of anilines is 4. The van der Waals surface area contributed by atoms with Gasteiger partial charge >= 0.3 is 0 Å². The van der Waals surface area contributed by atoms with Gasteiger partial charge in [-0.3, -0.25) is 0 Å². The van der Waals surface area contributed by atoms with Gasteiger partial charge in [0.2, 0.25) is 17.8 Å². The second kappa shape index (κ2) is 8.12. The number of nitrogens with one attached hydrogen (secondary N) is 2. The summed E-state index contributed by atoms with van der Waals surface area (Å²) in [5, 5.41) is 7.81. The van der Waals surface area contributed by atoms with Crippen molar-refractivity contribution in [2.24, 2.45) is 5.10 Å². The zero-order valence-corrected chi connectivity index (χ0v) is 15.0. The first-order valence-electron chi connectivity index (χ1n) is 9.51. The predicted molar refractivity (Wildman–Crippen MR) is 105 cm³/mol. The number of para-hydroxylation sites is 1. The van der Waals surface area contributed by atoms with Crippen LogP contribution < -0.4 is 15.6 Å². The highest BCUT2D eigenvalue weighted by atomic mass is 15.4. The summed E-state index contributed by atoms with van der Waals surface area (Å²) in [5.74, 6) is 1.75. The molecule has 2 aliphatic rings. The molecule has 1 aromatic heterocycles. The molecular formula is C19H25N7. The van der Waals surface area contributed by atoms with Crippen LogP contribution in [0.2, 0.25) is 0 Å². The second-order valence-electron chi connectivity index (χ2n) is 6.82. The first kappa shape index (κ1) is 16.8. The largest absolute Gasteiger partial charge is 0.341 e. The molecule has 7 heteroatoms. The summed E-state index contributed by atoms with van der Waals surface area (Å²) in [7, 11) is 0. The Balaban J connectivity index is 1.57. The Kier molecular flexibility index (Phi) is 5.23. The molecule has 7 nitrogen and oxygen atoms in total. The van der Waals surface area contributed by atoms with E-state index in [0.717, 1.165) is 31.6 Å². The minimum absolute atomic E-state index is 0.499. The van der Waals surface area contributed by atoms with Crippen LogP contribution in [-0.4, -0.2) is 33.8 Å². The summed E-state index contributed by atoms with van der Waals surface area (Å²) in [5.41, 5.74) is 5.22. The predicted octanol–water partition coefficient (Wildman–Crippen LogP) is 3.95. The maximum atomic E-state index is 4.61. The number of hydrazone groups is 1. The van der Waals surface area contributed by atoms with E-state index < -0.39 is 0 Å². The number of benzene rings is 1. The van der Waals surface area contributed by atoms with Crippen LogP contribution in [0.5, 0.6) is 0 Å². The van der Waals surface area contributed by atoms with E-state index in [9.17, 15) is 0 Å². The third-order valence-electron chi connectivity index (χ3n) is 4.79. The standard InChI is InChI=1S/C19H25N7/c1-3-9-15(10-4-1)20-17-21-18(25-24-16-11-5-2-6-12-16)23-19(22-17)26-13-7-8-14-26/h1,3-4,9-10H,2,5-8,11-14H2,(H2,20,21,22,23,25). The Morgan fingerprint density at radius 2 is 1.54 bits per heavy atom. The molecule has 2 N–H and O–H groups in total. The summed E-state index contributed by atoms with van der Waals surface area (Å²) in [6.45, 7) is 1.98. The van der Waals surface area contributed by atoms with Gasteiger partial charge in [0.1, 0.15) is 0 Å². The molecule has 26 heavy (non-hydrogen) atoms. The molecule has 136 valence electrons. The van der Waals surface area contributed by atoms with Gasteiger partial charge in [0.25, 0.3) is 0 Å². The van der Waals surface area contributed by atoms with E-state index in [2.05, 4.69) is 35.7 Å². The highest BCUT2D eigenvalue weighted by Crippen LogP contribution is 2.21. The van der Waals surface area contributed by atoms with Gasteiger partial charge in [0, 0.05) is 24.5 Å². The fourth-order valence-electron chi connectivity index (χ4n) is 3.38. The van der Waals surface area contributed by atoms with Crippen LogP contribution in [0.25, 0.3) is 0 Å². The minimum Gasteiger partial charge on any atom is -0.341 e. The molecule has 0 bridgehead atoms. The smallest absolute Gasteiger partial charge is 0.250 e. The van der Waals surface area contributed by atoms with Gasteiger partial charge in [0.15, 0.2) is 0 Å². The van der Waals surface area contributed by atoms with Gasteiger partial charge in [-0.1, -0.05) is 24.6 Å². The normalized spacial score (nSPS) is 17.2. The maximum absolute atomic E-state index is 4.61. The van der Waals surface area contributed by atoms with Crippen molar-refractivity contribution in [1.29, 1.82) is 0 Å². The van der Waals surface area contributed by atoms with Crippen molar-refractivity contribution in [1.82, 2.24) is 15.0 Å². The summed E-state index contributed by atoms with van der Waals surface area (Å²) >= 11 is 0. The topological polar surface area (TPSA) is 78.3 Å². The van der Waals surface area contributed by atoms with Crippen molar-refractivity contribution >= 4 is 29.2 Å². The Hall–Kier alpha value is -2.70. The second-order valence-corrected chi connectivity index (χ2v) is 6.82. The van der Waals surface area contributed by atoms with E-state index in [4.69, 9.17) is 0 Å². The van der Waals surface area contributed by atoms with Crippen molar-refractivity contribution in [3.63, 3.8) is 0 Å². The van der Waals surface area contributed by atoms with Crippen molar-refractivity contribution < 1.29 is 0 Å². The first-order valence-corrected chi connectivity index (χ1v) is 9.51. The van der Waals surface area contributed by atoms with Crippen LogP contribution >= 0.6 is 0 Å². The zero-order chi connectivity index (χ0) is 17.6. The van der Waals surface area contributed by atoms with Crippen LogP contribution in [0, 0.1) is 0 Å². The number of hydrogen-bond donors (Lipinski definition) is 2. The Labute approximate surface area is 154 Å². The Morgan fingerprint density at radius 1 is 0.808 bits per heavy atom.